The predicted molar refractivity (Wildman–Crippen MR) is 148 cm³/mol. The first-order valence-corrected chi connectivity index (χ1v) is 14.9. The van der Waals surface area contributed by atoms with Crippen LogP contribution in [0.1, 0.15) is 37.4 Å². The maximum absolute atomic E-state index is 13.8. The van der Waals surface area contributed by atoms with Crippen molar-refractivity contribution in [3.05, 3.63) is 87.3 Å². The summed E-state index contributed by atoms with van der Waals surface area (Å²) in [5.41, 5.74) is 3.48. The van der Waals surface area contributed by atoms with Crippen LogP contribution in [0.4, 0.5) is 37.3 Å². The van der Waals surface area contributed by atoms with Crippen LogP contribution in [0.25, 0.3) is 0 Å². The third kappa shape index (κ3) is 5.28. The molecule has 222 valence electrons. The molecular weight excluding hydrogens is 636 g/mol. The molecule has 18 heteroatoms. The van der Waals surface area contributed by atoms with E-state index in [1.807, 2.05) is 0 Å². The molecular formula is C25H16ClF2N5O8S2. The number of ketones is 2. The third-order valence-electron chi connectivity index (χ3n) is 6.39. The Morgan fingerprint density at radius 2 is 1.37 bits per heavy atom. The number of nitrogens with two attached hydrogens (primary N) is 1. The zero-order chi connectivity index (χ0) is 31.6. The molecule has 1 aliphatic rings. The fraction of sp³-hybridized carbons (Fsp3) is 0.0400. The highest BCUT2D eigenvalue weighted by atomic mass is 35.5. The minimum Gasteiger partial charge on any atom is -0.397 e. The van der Waals surface area contributed by atoms with Gasteiger partial charge in [0.1, 0.15) is 14.8 Å². The maximum Gasteiger partial charge on any atom is 0.313 e. The molecule has 43 heavy (non-hydrogen) atoms. The molecule has 0 amide bonds. The molecule has 1 aromatic heterocycles. The van der Waals surface area contributed by atoms with Crippen molar-refractivity contribution in [2.45, 2.75) is 16.7 Å². The lowest BCUT2D eigenvalue weighted by Gasteiger charge is -2.24. The Morgan fingerprint density at radius 1 is 0.814 bits per heavy atom. The quantitative estimate of drug-likeness (QED) is 0.0758. The first kappa shape index (κ1) is 29.9. The van der Waals surface area contributed by atoms with Gasteiger partial charge < -0.3 is 16.4 Å². The summed E-state index contributed by atoms with van der Waals surface area (Å²) in [6.45, 7) is 1.40. The van der Waals surface area contributed by atoms with Gasteiger partial charge >= 0.3 is 6.08 Å². The van der Waals surface area contributed by atoms with Crippen molar-refractivity contribution < 1.29 is 44.3 Å². The Balaban J connectivity index is 1.71. The SMILES string of the molecule is Cc1cc(Nc2nc(F)nc(F)c2Cl)c(S(=O)(=O)O)cc1Nc1cc(S(=O)(=O)O)c(N)c2c1C(=O)c1ccccc1C2=O. The molecule has 1 aliphatic carbocycles. The summed E-state index contributed by atoms with van der Waals surface area (Å²) in [4.78, 5) is 31.2. The molecule has 0 aliphatic heterocycles. The van der Waals surface area contributed by atoms with Crippen LogP contribution >= 0.6 is 11.6 Å². The number of nitrogens with one attached hydrogen (secondary N) is 2. The van der Waals surface area contributed by atoms with Crippen molar-refractivity contribution in [2.24, 2.45) is 0 Å². The summed E-state index contributed by atoms with van der Waals surface area (Å²) in [7, 11) is -10.1. The Morgan fingerprint density at radius 3 is 1.95 bits per heavy atom. The van der Waals surface area contributed by atoms with Crippen LogP contribution in [0.15, 0.2) is 52.3 Å². The van der Waals surface area contributed by atoms with Crippen molar-refractivity contribution in [1.29, 1.82) is 0 Å². The predicted octanol–water partition coefficient (Wildman–Crippen LogP) is 4.05. The molecule has 0 fully saturated rings. The van der Waals surface area contributed by atoms with E-state index >= 15 is 0 Å². The average molecular weight is 652 g/mol. The Hall–Kier alpha value is -4.55. The molecule has 6 N–H and O–H groups in total. The minimum absolute atomic E-state index is 0.0295. The van der Waals surface area contributed by atoms with Gasteiger partial charge in [0.05, 0.1) is 28.2 Å². The molecule has 0 saturated carbocycles. The van der Waals surface area contributed by atoms with Gasteiger partial charge in [-0.1, -0.05) is 35.9 Å². The summed E-state index contributed by atoms with van der Waals surface area (Å²) in [5, 5.41) is 4.20. The number of aryl methyl sites for hydroxylation is 1. The van der Waals surface area contributed by atoms with Crippen LogP contribution in [0.2, 0.25) is 5.02 Å². The van der Waals surface area contributed by atoms with E-state index in [9.17, 15) is 44.3 Å². The lowest BCUT2D eigenvalue weighted by molar-refractivity contribution is 0.0980. The number of hydrogen-bond acceptors (Lipinski definition) is 11. The van der Waals surface area contributed by atoms with E-state index in [1.54, 1.807) is 0 Å². The first-order valence-electron chi connectivity index (χ1n) is 11.7. The second-order valence-corrected chi connectivity index (χ2v) is 12.3. The summed E-state index contributed by atoms with van der Waals surface area (Å²) >= 11 is 5.76. The van der Waals surface area contributed by atoms with Gasteiger partial charge in [0.25, 0.3) is 20.2 Å². The van der Waals surface area contributed by atoms with Gasteiger partial charge in [0.2, 0.25) is 5.95 Å². The van der Waals surface area contributed by atoms with E-state index in [4.69, 9.17) is 17.3 Å². The number of rotatable bonds is 6. The van der Waals surface area contributed by atoms with Crippen molar-refractivity contribution in [2.75, 3.05) is 16.4 Å². The number of hydrogen-bond donors (Lipinski definition) is 5. The number of nitrogens with zero attached hydrogens (tertiary/aromatic N) is 2. The molecule has 0 radical (unpaired) electrons. The van der Waals surface area contributed by atoms with Crippen LogP contribution < -0.4 is 16.4 Å². The van der Waals surface area contributed by atoms with Gasteiger partial charge in [-0.15, -0.1) is 0 Å². The molecule has 5 rings (SSSR count). The van der Waals surface area contributed by atoms with Gasteiger partial charge in [-0.25, -0.2) is 0 Å². The van der Waals surface area contributed by atoms with Crippen LogP contribution in [-0.4, -0.2) is 47.5 Å². The first-order chi connectivity index (χ1) is 20.0. The van der Waals surface area contributed by atoms with Crippen molar-refractivity contribution in [3.63, 3.8) is 0 Å². The largest absolute Gasteiger partial charge is 0.397 e. The van der Waals surface area contributed by atoms with Crippen molar-refractivity contribution in [3.8, 4) is 0 Å². The zero-order valence-corrected chi connectivity index (χ0v) is 23.7. The monoisotopic (exact) mass is 651 g/mol. The van der Waals surface area contributed by atoms with Crippen LogP contribution in [-0.2, 0) is 20.2 Å². The number of anilines is 5. The standard InChI is InChI=1S/C25H16ClF2N5O8S2/c1-9-6-13(31-24-19(26)23(27)32-25(28)33-24)15(42(36,37)38)7-12(9)30-14-8-16(43(39,40)41)20(29)18-17(14)21(34)10-4-2-3-5-11(10)22(18)35/h2-8,30H,29H2,1H3,(H,31,32,33)(H,36,37,38)(H,39,40,41). The topological polar surface area (TPSA) is 219 Å². The molecule has 1 heterocycles. The van der Waals surface area contributed by atoms with E-state index in [0.717, 1.165) is 18.2 Å². The molecule has 0 spiro atoms. The minimum atomic E-state index is -5.09. The van der Waals surface area contributed by atoms with Crippen molar-refractivity contribution >= 4 is 72.0 Å². The van der Waals surface area contributed by atoms with Gasteiger partial charge in [-0.2, -0.15) is 35.6 Å². The van der Waals surface area contributed by atoms with Crippen LogP contribution in [0, 0.1) is 18.9 Å². The van der Waals surface area contributed by atoms with Crippen molar-refractivity contribution in [1.82, 2.24) is 9.97 Å². The highest BCUT2D eigenvalue weighted by Gasteiger charge is 2.36. The number of nitrogen functional groups attached to an aromatic ring is 1. The number of carbonyl (C=O) groups is 2. The van der Waals surface area contributed by atoms with E-state index in [-0.39, 0.29) is 33.6 Å². The Labute approximate surface area is 246 Å². The van der Waals surface area contributed by atoms with Gasteiger partial charge in [-0.05, 0) is 30.7 Å². The lowest BCUT2D eigenvalue weighted by Crippen LogP contribution is -2.25. The van der Waals surface area contributed by atoms with E-state index < -0.39 is 81.4 Å². The van der Waals surface area contributed by atoms with Crippen LogP contribution in [0.3, 0.4) is 0 Å². The summed E-state index contributed by atoms with van der Waals surface area (Å²) < 4.78 is 96.2. The summed E-state index contributed by atoms with van der Waals surface area (Å²) in [6, 6.07) is 8.39. The second kappa shape index (κ2) is 10.3. The fourth-order valence-corrected chi connectivity index (χ4v) is 5.92. The highest BCUT2D eigenvalue weighted by molar-refractivity contribution is 7.86. The maximum atomic E-state index is 13.8. The molecule has 0 unspecified atom stereocenters. The molecule has 0 bridgehead atoms. The average Bonchev–Trinajstić information content (AvgIpc) is 2.90. The number of aromatic nitrogens is 2. The highest BCUT2D eigenvalue weighted by Crippen LogP contribution is 2.41. The van der Waals surface area contributed by atoms with Gasteiger partial charge in [0, 0.05) is 16.8 Å². The second-order valence-electron chi connectivity index (χ2n) is 9.10. The van der Waals surface area contributed by atoms with Crippen LogP contribution in [0.5, 0.6) is 0 Å². The molecule has 13 nitrogen and oxygen atoms in total. The van der Waals surface area contributed by atoms with E-state index in [2.05, 4.69) is 20.6 Å². The van der Waals surface area contributed by atoms with Gasteiger partial charge in [0.15, 0.2) is 17.4 Å². The van der Waals surface area contributed by atoms with E-state index in [0.29, 0.717) is 0 Å². The van der Waals surface area contributed by atoms with E-state index in [1.165, 1.54) is 31.2 Å². The third-order valence-corrected chi connectivity index (χ3v) is 8.51. The van der Waals surface area contributed by atoms with Gasteiger partial charge in [-0.3, -0.25) is 18.7 Å². The normalized spacial score (nSPS) is 13.0. The Kier molecular flexibility index (Phi) is 7.18. The molecule has 0 saturated heterocycles. The number of halogens is 3. The number of benzene rings is 3. The Bertz CT molecular complexity index is 2140. The summed E-state index contributed by atoms with van der Waals surface area (Å²) in [6.07, 6.45) is -1.53. The smallest absolute Gasteiger partial charge is 0.313 e. The molecule has 4 aromatic rings. The lowest BCUT2D eigenvalue weighted by atomic mass is 9.82. The molecule has 3 aromatic carbocycles. The number of fused-ring (bicyclic) bond motifs is 2. The molecule has 0 atom stereocenters. The summed E-state index contributed by atoms with van der Waals surface area (Å²) in [5.74, 6) is -3.68. The zero-order valence-electron chi connectivity index (χ0n) is 21.3. The number of carbonyl (C=O) groups excluding carboxylic acids is 2. The fourth-order valence-electron chi connectivity index (χ4n) is 4.49.